The Hall–Kier alpha value is -3.60. The van der Waals surface area contributed by atoms with Crippen LogP contribution in [0.5, 0.6) is 11.5 Å². The highest BCUT2D eigenvalue weighted by molar-refractivity contribution is 5.44. The van der Waals surface area contributed by atoms with Crippen LogP contribution in [-0.2, 0) is 5.41 Å². The van der Waals surface area contributed by atoms with Crippen LogP contribution in [0.15, 0.2) is 121 Å². The Morgan fingerprint density at radius 3 is 1.16 bits per heavy atom. The van der Waals surface area contributed by atoms with E-state index in [2.05, 4.69) is 0 Å². The largest absolute Gasteiger partial charge is 0.439 e. The van der Waals surface area contributed by atoms with Gasteiger partial charge in [0.1, 0.15) is 16.9 Å². The second kappa shape index (κ2) is 9.04. The minimum absolute atomic E-state index is 0.164. The fraction of sp³-hybridized carbons (Fsp3) is 0.111. The first-order valence-corrected chi connectivity index (χ1v) is 10.3. The lowest BCUT2D eigenvalue weighted by molar-refractivity contribution is -0.153. The summed E-state index contributed by atoms with van der Waals surface area (Å²) >= 11 is 0. The topological polar surface area (TPSA) is 70.5 Å². The van der Waals surface area contributed by atoms with Gasteiger partial charge in [-0.1, -0.05) is 97.1 Å². The molecule has 4 heteroatoms. The molecular formula is C27H26N2O2. The first-order chi connectivity index (χ1) is 15.2. The second-order valence-corrected chi connectivity index (χ2v) is 7.34. The first kappa shape index (κ1) is 20.7. The first-order valence-electron chi connectivity index (χ1n) is 10.3. The smallest absolute Gasteiger partial charge is 0.326 e. The van der Waals surface area contributed by atoms with Crippen molar-refractivity contribution in [3.05, 3.63) is 132 Å². The summed E-state index contributed by atoms with van der Waals surface area (Å²) < 4.78 is 12.9. The van der Waals surface area contributed by atoms with Crippen LogP contribution in [0.3, 0.4) is 0 Å². The zero-order valence-corrected chi connectivity index (χ0v) is 17.2. The Morgan fingerprint density at radius 2 is 0.839 bits per heavy atom. The maximum absolute atomic E-state index is 7.09. The Morgan fingerprint density at radius 1 is 0.516 bits per heavy atom. The highest BCUT2D eigenvalue weighted by atomic mass is 16.7. The Kier molecular flexibility index (Phi) is 6.03. The van der Waals surface area contributed by atoms with Crippen LogP contribution in [-0.4, -0.2) is 12.5 Å². The maximum atomic E-state index is 7.09. The fourth-order valence-electron chi connectivity index (χ4n) is 3.91. The number of nitrogens with two attached hydrogens (primary N) is 2. The average molecular weight is 411 g/mol. The third kappa shape index (κ3) is 4.04. The lowest BCUT2D eigenvalue weighted by atomic mass is 9.71. The number of hydrogen-bond acceptors (Lipinski definition) is 4. The Bertz CT molecular complexity index is 990. The summed E-state index contributed by atoms with van der Waals surface area (Å²) in [6.45, 7) is 0.164. The minimum atomic E-state index is -1.65. The molecule has 4 aromatic carbocycles. The van der Waals surface area contributed by atoms with Crippen molar-refractivity contribution >= 4 is 0 Å². The molecule has 0 bridgehead atoms. The van der Waals surface area contributed by atoms with Crippen LogP contribution in [0, 0.1) is 0 Å². The summed E-state index contributed by atoms with van der Waals surface area (Å²) in [6.07, 6.45) is 0. The van der Waals surface area contributed by atoms with Gasteiger partial charge in [-0.05, 0) is 35.4 Å². The third-order valence-corrected chi connectivity index (χ3v) is 5.46. The third-order valence-electron chi connectivity index (χ3n) is 5.46. The molecule has 0 radical (unpaired) electrons. The van der Waals surface area contributed by atoms with Gasteiger partial charge in [-0.25, -0.2) is 0 Å². The van der Waals surface area contributed by atoms with Crippen LogP contribution in [0.1, 0.15) is 11.1 Å². The summed E-state index contributed by atoms with van der Waals surface area (Å²) in [5, 5.41) is 0. The summed E-state index contributed by atoms with van der Waals surface area (Å²) in [6, 6.07) is 38.7. The molecule has 0 heterocycles. The van der Waals surface area contributed by atoms with E-state index < -0.39 is 11.3 Å². The lowest BCUT2D eigenvalue weighted by Crippen LogP contribution is -2.69. The molecule has 4 rings (SSSR count). The molecule has 0 atom stereocenters. The molecule has 0 saturated heterocycles. The quantitative estimate of drug-likeness (QED) is 0.413. The van der Waals surface area contributed by atoms with Crippen molar-refractivity contribution in [2.45, 2.75) is 11.3 Å². The fourth-order valence-corrected chi connectivity index (χ4v) is 3.91. The molecule has 156 valence electrons. The Balaban J connectivity index is 1.95. The number of ether oxygens (including phenoxy) is 2. The van der Waals surface area contributed by atoms with E-state index in [9.17, 15) is 0 Å². The predicted molar refractivity (Wildman–Crippen MR) is 124 cm³/mol. The average Bonchev–Trinajstić information content (AvgIpc) is 2.82. The molecule has 0 unspecified atom stereocenters. The Labute approximate surface area is 183 Å². The van der Waals surface area contributed by atoms with Crippen LogP contribution in [0.4, 0.5) is 0 Å². The van der Waals surface area contributed by atoms with Crippen LogP contribution < -0.4 is 20.9 Å². The molecule has 0 aliphatic heterocycles. The van der Waals surface area contributed by atoms with Crippen LogP contribution >= 0.6 is 0 Å². The molecule has 0 fully saturated rings. The van der Waals surface area contributed by atoms with Crippen molar-refractivity contribution < 1.29 is 9.47 Å². The van der Waals surface area contributed by atoms with E-state index in [1.54, 1.807) is 0 Å². The van der Waals surface area contributed by atoms with Crippen molar-refractivity contribution in [3.8, 4) is 11.5 Å². The summed E-state index contributed by atoms with van der Waals surface area (Å²) in [5.74, 6) is -0.469. The van der Waals surface area contributed by atoms with E-state index in [0.717, 1.165) is 11.1 Å². The SMILES string of the molecule is NCC(c1ccccc1)(c1ccccc1)C(N)(Oc1ccccc1)Oc1ccccc1. The van der Waals surface area contributed by atoms with E-state index in [4.69, 9.17) is 20.9 Å². The van der Waals surface area contributed by atoms with E-state index in [1.165, 1.54) is 0 Å². The molecule has 0 saturated carbocycles. The molecule has 4 aromatic rings. The van der Waals surface area contributed by atoms with E-state index >= 15 is 0 Å². The molecule has 4 N–H and O–H groups in total. The van der Waals surface area contributed by atoms with Gasteiger partial charge in [0.2, 0.25) is 0 Å². The second-order valence-electron chi connectivity index (χ2n) is 7.34. The molecule has 31 heavy (non-hydrogen) atoms. The monoisotopic (exact) mass is 410 g/mol. The van der Waals surface area contributed by atoms with Crippen molar-refractivity contribution in [1.82, 2.24) is 0 Å². The zero-order chi connectivity index (χ0) is 21.6. The number of hydrogen-bond donors (Lipinski definition) is 2. The molecule has 0 aliphatic rings. The van der Waals surface area contributed by atoms with E-state index in [0.29, 0.717) is 11.5 Å². The summed E-state index contributed by atoms with van der Waals surface area (Å²) in [5.41, 5.74) is 14.4. The number of benzene rings is 4. The van der Waals surface area contributed by atoms with Gasteiger partial charge in [-0.2, -0.15) is 0 Å². The van der Waals surface area contributed by atoms with Crippen LogP contribution in [0.2, 0.25) is 0 Å². The predicted octanol–water partition coefficient (Wildman–Crippen LogP) is 4.70. The highest BCUT2D eigenvalue weighted by Gasteiger charge is 2.56. The van der Waals surface area contributed by atoms with Crippen molar-refractivity contribution in [2.24, 2.45) is 11.5 Å². The molecule has 0 aromatic heterocycles. The van der Waals surface area contributed by atoms with Gasteiger partial charge in [0.05, 0.1) is 0 Å². The molecule has 0 spiro atoms. The van der Waals surface area contributed by atoms with Crippen molar-refractivity contribution in [3.63, 3.8) is 0 Å². The molecule has 0 amide bonds. The molecule has 0 aliphatic carbocycles. The highest BCUT2D eigenvalue weighted by Crippen LogP contribution is 2.42. The lowest BCUT2D eigenvalue weighted by Gasteiger charge is -2.47. The summed E-state index contributed by atoms with van der Waals surface area (Å²) in [7, 11) is 0. The van der Waals surface area contributed by atoms with Crippen molar-refractivity contribution in [1.29, 1.82) is 0 Å². The van der Waals surface area contributed by atoms with Crippen molar-refractivity contribution in [2.75, 3.05) is 6.54 Å². The maximum Gasteiger partial charge on any atom is 0.326 e. The van der Waals surface area contributed by atoms with Gasteiger partial charge in [-0.3, -0.25) is 5.73 Å². The van der Waals surface area contributed by atoms with E-state index in [1.807, 2.05) is 121 Å². The molecular weight excluding hydrogens is 384 g/mol. The summed E-state index contributed by atoms with van der Waals surface area (Å²) in [4.78, 5) is 0. The van der Waals surface area contributed by atoms with Gasteiger partial charge in [0, 0.05) is 6.54 Å². The van der Waals surface area contributed by atoms with Gasteiger partial charge >= 0.3 is 5.91 Å². The number of rotatable bonds is 8. The standard InChI is InChI=1S/C27H26N2O2/c28-21-26(22-13-5-1-6-14-22,23-15-7-2-8-16-23)27(29,30-24-17-9-3-10-18-24)31-25-19-11-4-12-20-25/h1-20H,21,28-29H2. The van der Waals surface area contributed by atoms with Gasteiger partial charge in [-0.15, -0.1) is 0 Å². The number of para-hydroxylation sites is 2. The van der Waals surface area contributed by atoms with Crippen LogP contribution in [0.25, 0.3) is 0 Å². The normalized spacial score (nSPS) is 11.7. The van der Waals surface area contributed by atoms with Gasteiger partial charge in [0.25, 0.3) is 0 Å². The van der Waals surface area contributed by atoms with E-state index in [-0.39, 0.29) is 6.54 Å². The van der Waals surface area contributed by atoms with Gasteiger partial charge < -0.3 is 15.2 Å². The molecule has 4 nitrogen and oxygen atoms in total. The van der Waals surface area contributed by atoms with Gasteiger partial charge in [0.15, 0.2) is 0 Å². The zero-order valence-electron chi connectivity index (χ0n) is 17.2. The minimum Gasteiger partial charge on any atom is -0.439 e.